The highest BCUT2D eigenvalue weighted by Gasteiger charge is 2.05. The minimum Gasteiger partial charge on any atom is -0.315 e. The standard InChI is InChI=1S/C8H3NO4/c10-4-2-1-3-5(7(4)12)9-8(13)6(3)11/h1-2H,(H,9,11,13). The fraction of sp³-hybridized carbons (Fsp3) is 0. The van der Waals surface area contributed by atoms with Crippen molar-refractivity contribution in [2.75, 3.05) is 0 Å². The van der Waals surface area contributed by atoms with Gasteiger partial charge >= 0.3 is 0 Å². The first-order valence-corrected chi connectivity index (χ1v) is 3.48. The molecule has 0 unspecified atom stereocenters. The summed E-state index contributed by atoms with van der Waals surface area (Å²) in [5.74, 6) is 0. The summed E-state index contributed by atoms with van der Waals surface area (Å²) >= 11 is 0. The van der Waals surface area contributed by atoms with Gasteiger partial charge in [0.15, 0.2) is 0 Å². The molecule has 0 saturated carbocycles. The van der Waals surface area contributed by atoms with Gasteiger partial charge in [-0.25, -0.2) is 0 Å². The molecule has 64 valence electrons. The molecule has 0 fully saturated rings. The zero-order valence-corrected chi connectivity index (χ0v) is 6.29. The SMILES string of the molecule is O=c1ccc2c(=O)c(=O)[nH]c=2c1=O. The molecule has 0 saturated heterocycles. The van der Waals surface area contributed by atoms with E-state index in [0.29, 0.717) is 0 Å². The number of H-pyrrole nitrogens is 1. The fourth-order valence-electron chi connectivity index (χ4n) is 1.17. The third-order valence-electron chi connectivity index (χ3n) is 1.81. The molecule has 0 atom stereocenters. The van der Waals surface area contributed by atoms with Gasteiger partial charge in [0.1, 0.15) is 5.35 Å². The molecule has 2 rings (SSSR count). The van der Waals surface area contributed by atoms with Crippen LogP contribution in [0.3, 0.4) is 0 Å². The molecule has 1 aliphatic heterocycles. The highest BCUT2D eigenvalue weighted by atomic mass is 16.2. The maximum Gasteiger partial charge on any atom is 0.296 e. The van der Waals surface area contributed by atoms with E-state index in [1.54, 1.807) is 0 Å². The first kappa shape index (κ1) is 7.60. The second kappa shape index (κ2) is 2.22. The van der Waals surface area contributed by atoms with Gasteiger partial charge in [-0.15, -0.1) is 0 Å². The molecular formula is C8H3NO4. The van der Waals surface area contributed by atoms with Crippen LogP contribution in [-0.2, 0) is 0 Å². The van der Waals surface area contributed by atoms with Crippen LogP contribution < -0.4 is 21.8 Å². The Kier molecular flexibility index (Phi) is 1.30. The predicted molar refractivity (Wildman–Crippen MR) is 43.5 cm³/mol. The van der Waals surface area contributed by atoms with Gasteiger partial charge in [0, 0.05) is 0 Å². The van der Waals surface area contributed by atoms with Crippen molar-refractivity contribution < 1.29 is 0 Å². The summed E-state index contributed by atoms with van der Waals surface area (Å²) in [5, 5.41) is -0.211. The molecule has 0 amide bonds. The van der Waals surface area contributed by atoms with Crippen LogP contribution in [-0.4, -0.2) is 4.98 Å². The highest BCUT2D eigenvalue weighted by Crippen LogP contribution is 1.77. The van der Waals surface area contributed by atoms with Gasteiger partial charge in [-0.1, -0.05) is 0 Å². The third-order valence-corrected chi connectivity index (χ3v) is 1.81. The van der Waals surface area contributed by atoms with E-state index in [1.165, 1.54) is 6.07 Å². The van der Waals surface area contributed by atoms with Crippen molar-refractivity contribution in [3.8, 4) is 0 Å². The van der Waals surface area contributed by atoms with Crippen LogP contribution in [0, 0.1) is 10.6 Å². The predicted octanol–water partition coefficient (Wildman–Crippen LogP) is -1.94. The van der Waals surface area contributed by atoms with Crippen molar-refractivity contribution >= 4 is 0 Å². The number of hydrogen-bond donors (Lipinski definition) is 1. The minimum atomic E-state index is -0.863. The molecule has 0 radical (unpaired) electrons. The summed E-state index contributed by atoms with van der Waals surface area (Å²) in [4.78, 5) is 45.7. The maximum atomic E-state index is 11.1. The lowest BCUT2D eigenvalue weighted by Crippen LogP contribution is -2.24. The van der Waals surface area contributed by atoms with E-state index in [2.05, 4.69) is 4.98 Å². The first-order chi connectivity index (χ1) is 6.11. The average Bonchev–Trinajstić information content (AvgIpc) is 2.38. The van der Waals surface area contributed by atoms with Crippen molar-refractivity contribution in [3.05, 3.63) is 63.7 Å². The summed E-state index contributed by atoms with van der Waals surface area (Å²) in [6, 6.07) is 2.17. The Bertz CT molecular complexity index is 717. The van der Waals surface area contributed by atoms with Crippen LogP contribution in [0.1, 0.15) is 0 Å². The van der Waals surface area contributed by atoms with Crippen molar-refractivity contribution in [1.29, 1.82) is 0 Å². The van der Waals surface area contributed by atoms with E-state index >= 15 is 0 Å². The molecule has 1 N–H and O–H groups in total. The Hall–Kier alpha value is -2.04. The van der Waals surface area contributed by atoms with E-state index < -0.39 is 21.8 Å². The number of aromatic nitrogens is 1. The molecule has 0 aromatic heterocycles. The summed E-state index contributed by atoms with van der Waals surface area (Å²) in [6.07, 6.45) is 0. The largest absolute Gasteiger partial charge is 0.315 e. The van der Waals surface area contributed by atoms with Gasteiger partial charge in [-0.2, -0.15) is 0 Å². The molecule has 1 heterocycles. The van der Waals surface area contributed by atoms with Gasteiger partial charge in [-0.05, 0) is 12.1 Å². The topological polar surface area (TPSA) is 84.1 Å². The minimum absolute atomic E-state index is 0.0189. The quantitative estimate of drug-likeness (QED) is 0.474. The fourth-order valence-corrected chi connectivity index (χ4v) is 1.17. The van der Waals surface area contributed by atoms with Gasteiger partial charge in [0.25, 0.3) is 11.0 Å². The first-order valence-electron chi connectivity index (χ1n) is 3.48. The van der Waals surface area contributed by atoms with Gasteiger partial charge in [-0.3, -0.25) is 19.2 Å². The van der Waals surface area contributed by atoms with Crippen LogP contribution in [0.2, 0.25) is 0 Å². The number of hydrogen-bond acceptors (Lipinski definition) is 4. The zero-order chi connectivity index (χ0) is 9.59. The normalized spacial score (nSPS) is 10.8. The molecule has 1 aliphatic carbocycles. The van der Waals surface area contributed by atoms with Gasteiger partial charge < -0.3 is 4.98 Å². The van der Waals surface area contributed by atoms with Crippen LogP contribution in [0.4, 0.5) is 0 Å². The lowest BCUT2D eigenvalue weighted by atomic mass is 10.3. The molecule has 0 spiro atoms. The highest BCUT2D eigenvalue weighted by molar-refractivity contribution is 5.11. The second-order valence-electron chi connectivity index (χ2n) is 2.60. The van der Waals surface area contributed by atoms with Crippen molar-refractivity contribution in [1.82, 2.24) is 4.98 Å². The van der Waals surface area contributed by atoms with Crippen LogP contribution in [0.15, 0.2) is 31.3 Å². The van der Waals surface area contributed by atoms with Crippen LogP contribution in [0.5, 0.6) is 0 Å². The zero-order valence-electron chi connectivity index (χ0n) is 6.29. The Balaban J connectivity index is 3.43. The smallest absolute Gasteiger partial charge is 0.296 e. The van der Waals surface area contributed by atoms with E-state index in [4.69, 9.17) is 0 Å². The Morgan fingerprint density at radius 2 is 1.62 bits per heavy atom. The number of nitrogens with one attached hydrogen (secondary N) is 1. The monoisotopic (exact) mass is 177 g/mol. The van der Waals surface area contributed by atoms with E-state index in [-0.39, 0.29) is 10.6 Å². The van der Waals surface area contributed by atoms with E-state index in [9.17, 15) is 19.2 Å². The molecular weight excluding hydrogens is 174 g/mol. The van der Waals surface area contributed by atoms with Crippen molar-refractivity contribution in [2.45, 2.75) is 0 Å². The lowest BCUT2D eigenvalue weighted by molar-refractivity contribution is 1.20. The molecule has 5 nitrogen and oxygen atoms in total. The molecule has 0 bridgehead atoms. The van der Waals surface area contributed by atoms with Gasteiger partial charge in [0.05, 0.1) is 5.22 Å². The molecule has 0 aromatic rings. The Morgan fingerprint density at radius 1 is 0.923 bits per heavy atom. The lowest BCUT2D eigenvalue weighted by Gasteiger charge is -1.76. The maximum absolute atomic E-state index is 11.1. The van der Waals surface area contributed by atoms with Crippen molar-refractivity contribution in [2.24, 2.45) is 0 Å². The molecule has 2 aliphatic rings. The summed E-state index contributed by atoms with van der Waals surface area (Å²) in [6.45, 7) is 0. The Labute approximate surface area is 69.6 Å². The van der Waals surface area contributed by atoms with Crippen LogP contribution >= 0.6 is 0 Å². The van der Waals surface area contributed by atoms with Gasteiger partial charge in [0.2, 0.25) is 10.9 Å². The number of aromatic amines is 1. The second-order valence-corrected chi connectivity index (χ2v) is 2.60. The Morgan fingerprint density at radius 3 is 2.31 bits per heavy atom. The van der Waals surface area contributed by atoms with Crippen molar-refractivity contribution in [3.63, 3.8) is 0 Å². The van der Waals surface area contributed by atoms with E-state index in [1.807, 2.05) is 0 Å². The summed E-state index contributed by atoms with van der Waals surface area (Å²) < 4.78 is 0. The van der Waals surface area contributed by atoms with Crippen LogP contribution in [0.25, 0.3) is 0 Å². The number of rotatable bonds is 0. The third kappa shape index (κ3) is 0.868. The summed E-state index contributed by atoms with van der Waals surface area (Å²) in [5.41, 5.74) is -3.20. The molecule has 13 heavy (non-hydrogen) atoms. The summed E-state index contributed by atoms with van der Waals surface area (Å²) in [7, 11) is 0. The molecule has 5 heteroatoms. The molecule has 0 aromatic carbocycles. The van der Waals surface area contributed by atoms with E-state index in [0.717, 1.165) is 6.07 Å². The average molecular weight is 177 g/mol.